The van der Waals surface area contributed by atoms with Gasteiger partial charge >= 0.3 is 0 Å². The lowest BCUT2D eigenvalue weighted by molar-refractivity contribution is 0.291. The molecule has 2 aliphatic rings. The smallest absolute Gasteiger partial charge is 0.0741 e. The van der Waals surface area contributed by atoms with Gasteiger partial charge in [0.05, 0.1) is 5.71 Å². The highest BCUT2D eigenvalue weighted by atomic mass is 16.4. The summed E-state index contributed by atoms with van der Waals surface area (Å²) in [4.78, 5) is 2.40. The number of nitrogens with zero attached hydrogens (tertiary/aromatic N) is 2. The standard InChI is InChI=1S/C9H16N2O/c12-10-9-7-11-5-1-3-8(9)4-2-6-11/h8,12H,1-7H2/b10-9+. The molecule has 12 heavy (non-hydrogen) atoms. The van der Waals surface area contributed by atoms with Crippen LogP contribution in [0, 0.1) is 5.92 Å². The molecule has 0 aromatic carbocycles. The van der Waals surface area contributed by atoms with Gasteiger partial charge in [-0.25, -0.2) is 0 Å². The van der Waals surface area contributed by atoms with Gasteiger partial charge in [-0.2, -0.15) is 0 Å². The average Bonchev–Trinajstić information content (AvgIpc) is 2.33. The molecule has 0 atom stereocenters. The van der Waals surface area contributed by atoms with Crippen molar-refractivity contribution in [1.29, 1.82) is 0 Å². The third-order valence-corrected chi connectivity index (χ3v) is 3.04. The fraction of sp³-hybridized carbons (Fsp3) is 0.889. The maximum absolute atomic E-state index is 8.82. The quantitative estimate of drug-likeness (QED) is 0.437. The molecule has 3 nitrogen and oxygen atoms in total. The highest BCUT2D eigenvalue weighted by Gasteiger charge is 2.26. The summed E-state index contributed by atoms with van der Waals surface area (Å²) >= 11 is 0. The number of fused-ring (bicyclic) bond motifs is 3. The molecule has 1 N–H and O–H groups in total. The predicted octanol–water partition coefficient (Wildman–Crippen LogP) is 1.32. The third kappa shape index (κ3) is 1.46. The van der Waals surface area contributed by atoms with E-state index in [4.69, 9.17) is 5.21 Å². The SMILES string of the molecule is O/N=C1\CN2CCCC1CCC2. The maximum atomic E-state index is 8.82. The normalized spacial score (nSPS) is 39.5. The Hall–Kier alpha value is -0.570. The number of rotatable bonds is 0. The van der Waals surface area contributed by atoms with E-state index in [9.17, 15) is 0 Å². The summed E-state index contributed by atoms with van der Waals surface area (Å²) in [5.41, 5.74) is 1.02. The molecule has 2 fully saturated rings. The van der Waals surface area contributed by atoms with Crippen LogP contribution in [0.25, 0.3) is 0 Å². The lowest BCUT2D eigenvalue weighted by atomic mass is 9.94. The summed E-state index contributed by atoms with van der Waals surface area (Å²) < 4.78 is 0. The average molecular weight is 168 g/mol. The summed E-state index contributed by atoms with van der Waals surface area (Å²) in [6, 6.07) is 0. The molecule has 0 spiro atoms. The minimum atomic E-state index is 0.572. The fourth-order valence-corrected chi connectivity index (χ4v) is 2.34. The van der Waals surface area contributed by atoms with E-state index < -0.39 is 0 Å². The zero-order chi connectivity index (χ0) is 8.39. The van der Waals surface area contributed by atoms with Crippen LogP contribution in [-0.4, -0.2) is 35.5 Å². The summed E-state index contributed by atoms with van der Waals surface area (Å²) in [5, 5.41) is 12.2. The molecule has 2 rings (SSSR count). The largest absolute Gasteiger partial charge is 0.411 e. The Morgan fingerprint density at radius 1 is 1.25 bits per heavy atom. The van der Waals surface area contributed by atoms with E-state index in [1.807, 2.05) is 0 Å². The Morgan fingerprint density at radius 2 is 1.92 bits per heavy atom. The van der Waals surface area contributed by atoms with Gasteiger partial charge in [0.25, 0.3) is 0 Å². The topological polar surface area (TPSA) is 35.8 Å². The van der Waals surface area contributed by atoms with Crippen LogP contribution in [0.15, 0.2) is 5.16 Å². The third-order valence-electron chi connectivity index (χ3n) is 3.04. The van der Waals surface area contributed by atoms with E-state index >= 15 is 0 Å². The Morgan fingerprint density at radius 3 is 2.50 bits per heavy atom. The molecule has 2 bridgehead atoms. The molecule has 0 aliphatic carbocycles. The monoisotopic (exact) mass is 168 g/mol. The first kappa shape index (κ1) is 8.05. The molecule has 2 saturated heterocycles. The molecule has 2 aliphatic heterocycles. The molecule has 0 amide bonds. The highest BCUT2D eigenvalue weighted by Crippen LogP contribution is 2.24. The second-order valence-corrected chi connectivity index (χ2v) is 3.85. The van der Waals surface area contributed by atoms with E-state index in [0.717, 1.165) is 12.3 Å². The Bertz CT molecular complexity index is 181. The van der Waals surface area contributed by atoms with Crippen LogP contribution in [0.5, 0.6) is 0 Å². The van der Waals surface area contributed by atoms with Crippen LogP contribution in [-0.2, 0) is 0 Å². The van der Waals surface area contributed by atoms with E-state index in [1.165, 1.54) is 38.8 Å². The zero-order valence-corrected chi connectivity index (χ0v) is 7.37. The van der Waals surface area contributed by atoms with Crippen LogP contribution in [0.1, 0.15) is 25.7 Å². The lowest BCUT2D eigenvalue weighted by Crippen LogP contribution is -2.28. The van der Waals surface area contributed by atoms with Gasteiger partial charge in [-0.1, -0.05) is 5.16 Å². The Labute approximate surface area is 73.1 Å². The van der Waals surface area contributed by atoms with E-state index in [0.29, 0.717) is 5.92 Å². The van der Waals surface area contributed by atoms with Crippen molar-refractivity contribution in [2.24, 2.45) is 11.1 Å². The van der Waals surface area contributed by atoms with Crippen LogP contribution < -0.4 is 0 Å². The van der Waals surface area contributed by atoms with Gasteiger partial charge in [0.1, 0.15) is 0 Å². The molecule has 2 heterocycles. The molecule has 68 valence electrons. The minimum Gasteiger partial charge on any atom is -0.411 e. The summed E-state index contributed by atoms with van der Waals surface area (Å²) in [5.74, 6) is 0.572. The van der Waals surface area contributed by atoms with Crippen molar-refractivity contribution in [3.63, 3.8) is 0 Å². The highest BCUT2D eigenvalue weighted by molar-refractivity contribution is 5.88. The van der Waals surface area contributed by atoms with Gasteiger partial charge < -0.3 is 5.21 Å². The van der Waals surface area contributed by atoms with Crippen molar-refractivity contribution in [3.8, 4) is 0 Å². The van der Waals surface area contributed by atoms with Gasteiger partial charge in [-0.05, 0) is 38.8 Å². The zero-order valence-electron chi connectivity index (χ0n) is 7.37. The van der Waals surface area contributed by atoms with Gasteiger partial charge in [-0.3, -0.25) is 4.90 Å². The van der Waals surface area contributed by atoms with Crippen LogP contribution >= 0.6 is 0 Å². The summed E-state index contributed by atoms with van der Waals surface area (Å²) in [7, 11) is 0. The van der Waals surface area contributed by atoms with Crippen molar-refractivity contribution < 1.29 is 5.21 Å². The first-order valence-electron chi connectivity index (χ1n) is 4.83. The van der Waals surface area contributed by atoms with Gasteiger partial charge in [0.15, 0.2) is 0 Å². The molecule has 0 saturated carbocycles. The van der Waals surface area contributed by atoms with Crippen molar-refractivity contribution in [2.45, 2.75) is 25.7 Å². The van der Waals surface area contributed by atoms with Gasteiger partial charge in [-0.15, -0.1) is 0 Å². The van der Waals surface area contributed by atoms with Gasteiger partial charge in [0.2, 0.25) is 0 Å². The van der Waals surface area contributed by atoms with E-state index in [2.05, 4.69) is 10.1 Å². The predicted molar refractivity (Wildman–Crippen MR) is 47.6 cm³/mol. The summed E-state index contributed by atoms with van der Waals surface area (Å²) in [6.45, 7) is 3.28. The lowest BCUT2D eigenvalue weighted by Gasteiger charge is -2.17. The van der Waals surface area contributed by atoms with Crippen molar-refractivity contribution in [2.75, 3.05) is 19.6 Å². The molecule has 0 unspecified atom stereocenters. The molecular weight excluding hydrogens is 152 g/mol. The molecule has 0 radical (unpaired) electrons. The summed E-state index contributed by atoms with van der Waals surface area (Å²) in [6.07, 6.45) is 4.97. The number of hydrogen-bond donors (Lipinski definition) is 1. The Kier molecular flexibility index (Phi) is 2.30. The van der Waals surface area contributed by atoms with Crippen LogP contribution in [0.4, 0.5) is 0 Å². The number of hydrogen-bond acceptors (Lipinski definition) is 3. The maximum Gasteiger partial charge on any atom is 0.0741 e. The second-order valence-electron chi connectivity index (χ2n) is 3.85. The molecular formula is C9H16N2O. The van der Waals surface area contributed by atoms with Crippen molar-refractivity contribution in [3.05, 3.63) is 0 Å². The fourth-order valence-electron chi connectivity index (χ4n) is 2.34. The van der Waals surface area contributed by atoms with Gasteiger partial charge in [0, 0.05) is 12.5 Å². The molecule has 0 aromatic rings. The van der Waals surface area contributed by atoms with Crippen LogP contribution in [0.3, 0.4) is 0 Å². The van der Waals surface area contributed by atoms with Crippen LogP contribution in [0.2, 0.25) is 0 Å². The van der Waals surface area contributed by atoms with E-state index in [-0.39, 0.29) is 0 Å². The second kappa shape index (κ2) is 3.44. The number of oxime groups is 1. The van der Waals surface area contributed by atoms with Crippen molar-refractivity contribution >= 4 is 5.71 Å². The van der Waals surface area contributed by atoms with E-state index in [1.54, 1.807) is 0 Å². The van der Waals surface area contributed by atoms with Crippen molar-refractivity contribution in [1.82, 2.24) is 4.90 Å². The molecule has 3 heteroatoms. The first-order chi connectivity index (χ1) is 5.90. The first-order valence-corrected chi connectivity index (χ1v) is 4.83. The minimum absolute atomic E-state index is 0.572. The molecule has 0 aromatic heterocycles. The Balaban J connectivity index is 2.17.